The Balaban J connectivity index is 1.65. The van der Waals surface area contributed by atoms with E-state index in [0.29, 0.717) is 17.0 Å². The zero-order valence-electron chi connectivity index (χ0n) is 17.2. The van der Waals surface area contributed by atoms with Crippen molar-refractivity contribution >= 4 is 50.9 Å². The van der Waals surface area contributed by atoms with Gasteiger partial charge in [0.25, 0.3) is 11.8 Å². The molecule has 0 fully saturated rings. The quantitative estimate of drug-likeness (QED) is 0.414. The predicted octanol–water partition coefficient (Wildman–Crippen LogP) is 5.91. The fraction of sp³-hybridized carbons (Fsp3) is 0.0769. The third-order valence-corrected chi connectivity index (χ3v) is 6.38. The van der Waals surface area contributed by atoms with E-state index in [1.54, 1.807) is 0 Å². The highest BCUT2D eigenvalue weighted by Gasteiger charge is 2.41. The molecule has 0 bridgehead atoms. The molecule has 0 radical (unpaired) electrons. The second kappa shape index (κ2) is 7.52. The van der Waals surface area contributed by atoms with Gasteiger partial charge in [0.2, 0.25) is 0 Å². The number of thiophene rings is 1. The zero-order chi connectivity index (χ0) is 21.5. The molecule has 1 N–H and O–H groups in total. The number of fused-ring (bicyclic) bond motifs is 1. The average molecular weight is 425 g/mol. The van der Waals surface area contributed by atoms with Crippen molar-refractivity contribution in [2.45, 2.75) is 13.8 Å². The lowest BCUT2D eigenvalue weighted by atomic mass is 10.1. The van der Waals surface area contributed by atoms with Gasteiger partial charge in [-0.05, 0) is 48.4 Å². The molecular formula is C26H20N2O2S. The number of nitrogens with one attached hydrogen (secondary N) is 1. The minimum absolute atomic E-state index is 0.304. The first-order chi connectivity index (χ1) is 15.0. The summed E-state index contributed by atoms with van der Waals surface area (Å²) in [6.45, 7) is 3.91. The molecule has 0 aliphatic carbocycles. The molecule has 0 atom stereocenters. The average Bonchev–Trinajstić information content (AvgIpc) is 3.36. The lowest BCUT2D eigenvalue weighted by molar-refractivity contribution is -0.120. The van der Waals surface area contributed by atoms with E-state index in [9.17, 15) is 9.59 Å². The van der Waals surface area contributed by atoms with Gasteiger partial charge in [-0.3, -0.25) is 9.59 Å². The number of rotatable bonds is 4. The standard InChI is InChI=1S/C26H20N2O2S/c1-16-12-13-21(17(2)15-16)28-25(29)23(22-11-6-14-31-22)24(26(28)30)27-20-10-5-8-18-7-3-4-9-19(18)20/h3-15,27H,1-2H3. The normalized spacial score (nSPS) is 14.1. The number of nitrogens with zero attached hydrogens (tertiary/aromatic N) is 1. The number of hydrogen-bond acceptors (Lipinski definition) is 4. The number of imide groups is 1. The molecule has 3 aromatic carbocycles. The summed E-state index contributed by atoms with van der Waals surface area (Å²) in [6, 6.07) is 23.4. The van der Waals surface area contributed by atoms with Gasteiger partial charge in [0.15, 0.2) is 0 Å². The van der Waals surface area contributed by atoms with Crippen LogP contribution >= 0.6 is 11.3 Å². The number of carbonyl (C=O) groups is 2. The summed E-state index contributed by atoms with van der Waals surface area (Å²) in [6.07, 6.45) is 0. The van der Waals surface area contributed by atoms with Gasteiger partial charge < -0.3 is 5.32 Å². The molecule has 2 heterocycles. The Labute approximate surface area is 184 Å². The van der Waals surface area contributed by atoms with E-state index in [4.69, 9.17) is 0 Å². The number of anilines is 2. The summed E-state index contributed by atoms with van der Waals surface area (Å²) in [5, 5.41) is 7.28. The summed E-state index contributed by atoms with van der Waals surface area (Å²) >= 11 is 1.45. The fourth-order valence-electron chi connectivity index (χ4n) is 4.04. The van der Waals surface area contributed by atoms with Crippen molar-refractivity contribution in [3.05, 3.63) is 99.9 Å². The van der Waals surface area contributed by atoms with E-state index in [1.165, 1.54) is 16.2 Å². The van der Waals surface area contributed by atoms with E-state index in [0.717, 1.165) is 32.5 Å². The van der Waals surface area contributed by atoms with Crippen LogP contribution in [0.5, 0.6) is 0 Å². The van der Waals surface area contributed by atoms with Crippen LogP contribution in [0.2, 0.25) is 0 Å². The van der Waals surface area contributed by atoms with Gasteiger partial charge in [0, 0.05) is 16.0 Å². The van der Waals surface area contributed by atoms with Crippen LogP contribution in [0.4, 0.5) is 11.4 Å². The van der Waals surface area contributed by atoms with Crippen molar-refractivity contribution in [3.8, 4) is 0 Å². The van der Waals surface area contributed by atoms with Crippen LogP contribution in [0.1, 0.15) is 16.0 Å². The van der Waals surface area contributed by atoms with Gasteiger partial charge in [-0.1, -0.05) is 60.2 Å². The van der Waals surface area contributed by atoms with Crippen molar-refractivity contribution in [2.24, 2.45) is 0 Å². The van der Waals surface area contributed by atoms with Gasteiger partial charge in [-0.15, -0.1) is 11.3 Å². The number of hydrogen-bond donors (Lipinski definition) is 1. The first-order valence-electron chi connectivity index (χ1n) is 10.0. The largest absolute Gasteiger partial charge is 0.350 e. The second-order valence-electron chi connectivity index (χ2n) is 7.61. The number of aryl methyl sites for hydroxylation is 2. The van der Waals surface area contributed by atoms with E-state index < -0.39 is 0 Å². The molecule has 0 saturated heterocycles. The van der Waals surface area contributed by atoms with Gasteiger partial charge in [-0.2, -0.15) is 0 Å². The number of carbonyl (C=O) groups excluding carboxylic acids is 2. The molecule has 5 rings (SSSR count). The van der Waals surface area contributed by atoms with E-state index in [1.807, 2.05) is 92.0 Å². The summed E-state index contributed by atoms with van der Waals surface area (Å²) < 4.78 is 0. The summed E-state index contributed by atoms with van der Waals surface area (Å²) in [5.74, 6) is -0.643. The monoisotopic (exact) mass is 424 g/mol. The van der Waals surface area contributed by atoms with Gasteiger partial charge in [0.1, 0.15) is 5.70 Å². The van der Waals surface area contributed by atoms with Crippen LogP contribution in [0.25, 0.3) is 16.3 Å². The Bertz CT molecular complexity index is 1360. The van der Waals surface area contributed by atoms with Crippen molar-refractivity contribution in [1.29, 1.82) is 0 Å². The molecule has 4 nitrogen and oxygen atoms in total. The summed E-state index contributed by atoms with van der Waals surface area (Å²) in [5.41, 5.74) is 4.10. The van der Waals surface area contributed by atoms with Crippen molar-refractivity contribution in [2.75, 3.05) is 10.2 Å². The molecule has 1 aliphatic heterocycles. The highest BCUT2D eigenvalue weighted by atomic mass is 32.1. The van der Waals surface area contributed by atoms with Gasteiger partial charge in [0.05, 0.1) is 11.3 Å². The Morgan fingerprint density at radius 2 is 1.65 bits per heavy atom. The Morgan fingerprint density at radius 1 is 0.839 bits per heavy atom. The summed E-state index contributed by atoms with van der Waals surface area (Å²) in [4.78, 5) is 29.2. The molecule has 31 heavy (non-hydrogen) atoms. The third kappa shape index (κ3) is 3.23. The predicted molar refractivity (Wildman–Crippen MR) is 127 cm³/mol. The molecule has 5 heteroatoms. The number of benzene rings is 3. The summed E-state index contributed by atoms with van der Waals surface area (Å²) in [7, 11) is 0. The highest BCUT2D eigenvalue weighted by Crippen LogP contribution is 2.37. The molecule has 1 aliphatic rings. The van der Waals surface area contributed by atoms with Gasteiger partial charge >= 0.3 is 0 Å². The minimum Gasteiger partial charge on any atom is -0.350 e. The van der Waals surface area contributed by atoms with Crippen LogP contribution in [0.15, 0.2) is 83.9 Å². The molecule has 2 amide bonds. The van der Waals surface area contributed by atoms with E-state index >= 15 is 0 Å². The molecule has 0 spiro atoms. The second-order valence-corrected chi connectivity index (χ2v) is 8.56. The van der Waals surface area contributed by atoms with E-state index in [2.05, 4.69) is 5.32 Å². The molecular weight excluding hydrogens is 404 g/mol. The Hall–Kier alpha value is -3.70. The lowest BCUT2D eigenvalue weighted by Crippen LogP contribution is -2.33. The first kappa shape index (κ1) is 19.3. The Kier molecular flexibility index (Phi) is 4.68. The molecule has 4 aromatic rings. The van der Waals surface area contributed by atoms with E-state index in [-0.39, 0.29) is 11.8 Å². The molecule has 152 valence electrons. The molecule has 0 unspecified atom stereocenters. The van der Waals surface area contributed by atoms with Crippen molar-refractivity contribution in [3.63, 3.8) is 0 Å². The van der Waals surface area contributed by atoms with Crippen LogP contribution in [0.3, 0.4) is 0 Å². The zero-order valence-corrected chi connectivity index (χ0v) is 18.0. The van der Waals surface area contributed by atoms with Crippen LogP contribution in [-0.2, 0) is 9.59 Å². The van der Waals surface area contributed by atoms with Crippen molar-refractivity contribution in [1.82, 2.24) is 0 Å². The maximum Gasteiger partial charge on any atom is 0.282 e. The van der Waals surface area contributed by atoms with Crippen LogP contribution < -0.4 is 10.2 Å². The number of amides is 2. The molecule has 0 saturated carbocycles. The van der Waals surface area contributed by atoms with Gasteiger partial charge in [-0.25, -0.2) is 4.90 Å². The van der Waals surface area contributed by atoms with Crippen LogP contribution in [-0.4, -0.2) is 11.8 Å². The minimum atomic E-state index is -0.340. The maximum atomic E-state index is 13.6. The fourth-order valence-corrected chi connectivity index (χ4v) is 4.81. The van der Waals surface area contributed by atoms with Crippen LogP contribution in [0, 0.1) is 13.8 Å². The lowest BCUT2D eigenvalue weighted by Gasteiger charge is -2.18. The smallest absolute Gasteiger partial charge is 0.282 e. The highest BCUT2D eigenvalue weighted by molar-refractivity contribution is 7.11. The topological polar surface area (TPSA) is 49.4 Å². The third-order valence-electron chi connectivity index (χ3n) is 5.49. The SMILES string of the molecule is Cc1ccc(N2C(=O)C(Nc3cccc4ccccc34)=C(c3cccs3)C2=O)c(C)c1. The first-order valence-corrected chi connectivity index (χ1v) is 10.9. The molecule has 1 aromatic heterocycles. The van der Waals surface area contributed by atoms with Crippen molar-refractivity contribution < 1.29 is 9.59 Å². The maximum absolute atomic E-state index is 13.6. The Morgan fingerprint density at radius 3 is 2.42 bits per heavy atom.